The molecule has 0 aliphatic rings. The number of amides is 1. The molecule has 0 heterocycles. The van der Waals surface area contributed by atoms with Crippen molar-refractivity contribution >= 4 is 29.1 Å². The van der Waals surface area contributed by atoms with E-state index in [2.05, 4.69) is 11.4 Å². The van der Waals surface area contributed by atoms with E-state index in [-0.39, 0.29) is 5.91 Å². The molecule has 2 nitrogen and oxygen atoms in total. The Kier molecular flexibility index (Phi) is 6.67. The van der Waals surface area contributed by atoms with Gasteiger partial charge in [0.1, 0.15) is 0 Å². The average molecular weight is 302 g/mol. The highest BCUT2D eigenvalue weighted by Gasteiger charge is 2.27. The fourth-order valence-electron chi connectivity index (χ4n) is 1.86. The second kappa shape index (κ2) is 7.76. The van der Waals surface area contributed by atoms with Gasteiger partial charge in [0.15, 0.2) is 0 Å². The summed E-state index contributed by atoms with van der Waals surface area (Å²) in [5.41, 5.74) is 1.91. The van der Waals surface area contributed by atoms with Gasteiger partial charge in [0.05, 0.1) is 5.54 Å². The first-order valence-corrected chi connectivity index (χ1v) is 7.60. The van der Waals surface area contributed by atoms with E-state index in [1.807, 2.05) is 32.0 Å². The predicted molar refractivity (Wildman–Crippen MR) is 82.1 cm³/mol. The molecule has 0 atom stereocenters. The van der Waals surface area contributed by atoms with Gasteiger partial charge in [-0.05, 0) is 25.3 Å². The van der Waals surface area contributed by atoms with Crippen LogP contribution in [0.3, 0.4) is 0 Å². The quantitative estimate of drug-likeness (QED) is 0.765. The maximum Gasteiger partial charge on any atom is 0.220 e. The molecule has 0 saturated carbocycles. The van der Waals surface area contributed by atoms with Crippen molar-refractivity contribution in [3.8, 4) is 0 Å². The first kappa shape index (κ1) is 16.3. The second-order valence-electron chi connectivity index (χ2n) is 4.94. The number of rotatable bonds is 7. The van der Waals surface area contributed by atoms with Gasteiger partial charge >= 0.3 is 0 Å². The van der Waals surface area contributed by atoms with Crippen molar-refractivity contribution in [2.24, 2.45) is 0 Å². The van der Waals surface area contributed by atoms with E-state index in [1.165, 1.54) is 11.1 Å². The van der Waals surface area contributed by atoms with Gasteiger partial charge in [-0.2, -0.15) is 0 Å². The number of alkyl halides is 2. The molecule has 1 N–H and O–H groups in total. The van der Waals surface area contributed by atoms with Crippen LogP contribution in [-0.2, 0) is 11.2 Å². The van der Waals surface area contributed by atoms with Crippen LogP contribution in [0.5, 0.6) is 0 Å². The standard InChI is InChI=1S/C15H21Cl2NO/c1-3-15(10-16,11-17)18-14(19)8-7-13-6-4-5-12(2)9-13/h4-6,9H,3,7-8,10-11H2,1-2H3,(H,18,19). The zero-order valence-corrected chi connectivity index (χ0v) is 13.0. The lowest BCUT2D eigenvalue weighted by atomic mass is 10.0. The molecule has 1 rings (SSSR count). The maximum absolute atomic E-state index is 12.0. The largest absolute Gasteiger partial charge is 0.348 e. The third-order valence-electron chi connectivity index (χ3n) is 3.32. The fraction of sp³-hybridized carbons (Fsp3) is 0.533. The lowest BCUT2D eigenvalue weighted by Crippen LogP contribution is -2.51. The molecule has 0 fully saturated rings. The van der Waals surface area contributed by atoms with Gasteiger partial charge in [-0.3, -0.25) is 4.79 Å². The highest BCUT2D eigenvalue weighted by Crippen LogP contribution is 2.15. The van der Waals surface area contributed by atoms with E-state index in [1.54, 1.807) is 0 Å². The highest BCUT2D eigenvalue weighted by molar-refractivity contribution is 6.22. The van der Waals surface area contributed by atoms with Crippen LogP contribution in [-0.4, -0.2) is 23.2 Å². The highest BCUT2D eigenvalue weighted by atomic mass is 35.5. The lowest BCUT2D eigenvalue weighted by molar-refractivity contribution is -0.122. The van der Waals surface area contributed by atoms with E-state index in [0.29, 0.717) is 18.2 Å². The number of hydrogen-bond acceptors (Lipinski definition) is 1. The Balaban J connectivity index is 2.52. The molecule has 19 heavy (non-hydrogen) atoms. The number of carbonyl (C=O) groups is 1. The summed E-state index contributed by atoms with van der Waals surface area (Å²) in [7, 11) is 0. The number of nitrogens with one attached hydrogen (secondary N) is 1. The Bertz CT molecular complexity index is 408. The monoisotopic (exact) mass is 301 g/mol. The van der Waals surface area contributed by atoms with Crippen LogP contribution in [0.25, 0.3) is 0 Å². The molecule has 4 heteroatoms. The summed E-state index contributed by atoms with van der Waals surface area (Å²) in [6.45, 7) is 4.03. The maximum atomic E-state index is 12.0. The van der Waals surface area contributed by atoms with Crippen molar-refractivity contribution < 1.29 is 4.79 Å². The Morgan fingerprint density at radius 2 is 2.00 bits per heavy atom. The molecule has 1 amide bonds. The summed E-state index contributed by atoms with van der Waals surface area (Å²) in [6.07, 6.45) is 1.92. The summed E-state index contributed by atoms with van der Waals surface area (Å²) in [5.74, 6) is 0.677. The smallest absolute Gasteiger partial charge is 0.220 e. The van der Waals surface area contributed by atoms with E-state index in [9.17, 15) is 4.79 Å². The molecule has 1 aromatic carbocycles. The van der Waals surface area contributed by atoms with Crippen LogP contribution in [0.4, 0.5) is 0 Å². The topological polar surface area (TPSA) is 29.1 Å². The summed E-state index contributed by atoms with van der Waals surface area (Å²) in [5, 5.41) is 2.96. The molecule has 106 valence electrons. The summed E-state index contributed by atoms with van der Waals surface area (Å²) in [4.78, 5) is 12.0. The van der Waals surface area contributed by atoms with Crippen molar-refractivity contribution in [3.63, 3.8) is 0 Å². The Labute approximate surface area is 125 Å². The van der Waals surface area contributed by atoms with Gasteiger partial charge in [0.2, 0.25) is 5.91 Å². The van der Waals surface area contributed by atoms with Gasteiger partial charge in [-0.25, -0.2) is 0 Å². The number of benzene rings is 1. The minimum absolute atomic E-state index is 0.00431. The Morgan fingerprint density at radius 1 is 1.32 bits per heavy atom. The minimum atomic E-state index is -0.479. The van der Waals surface area contributed by atoms with Crippen LogP contribution in [0.2, 0.25) is 0 Å². The van der Waals surface area contributed by atoms with E-state index >= 15 is 0 Å². The van der Waals surface area contributed by atoms with Crippen LogP contribution < -0.4 is 5.32 Å². The van der Waals surface area contributed by atoms with Gasteiger partial charge in [-0.15, -0.1) is 23.2 Å². The molecule has 0 unspecified atom stereocenters. The molecule has 0 aromatic heterocycles. The van der Waals surface area contributed by atoms with Crippen molar-refractivity contribution in [1.29, 1.82) is 0 Å². The normalized spacial score (nSPS) is 11.4. The molecule has 0 spiro atoms. The molecule has 0 aliphatic heterocycles. The lowest BCUT2D eigenvalue weighted by Gasteiger charge is -2.29. The van der Waals surface area contributed by atoms with Gasteiger partial charge in [-0.1, -0.05) is 36.8 Å². The first-order valence-electron chi connectivity index (χ1n) is 6.53. The average Bonchev–Trinajstić information content (AvgIpc) is 2.43. The predicted octanol–water partition coefficient (Wildman–Crippen LogP) is 3.67. The van der Waals surface area contributed by atoms with E-state index in [0.717, 1.165) is 12.8 Å². The number of hydrogen-bond donors (Lipinski definition) is 1. The van der Waals surface area contributed by atoms with Crippen LogP contribution in [0.1, 0.15) is 30.9 Å². The molecule has 0 radical (unpaired) electrons. The zero-order chi connectivity index (χ0) is 14.3. The molecular formula is C15H21Cl2NO. The van der Waals surface area contributed by atoms with Crippen LogP contribution in [0.15, 0.2) is 24.3 Å². The van der Waals surface area contributed by atoms with Crippen molar-refractivity contribution in [2.75, 3.05) is 11.8 Å². The molecule has 0 bridgehead atoms. The number of aryl methyl sites for hydroxylation is 2. The third kappa shape index (κ3) is 5.04. The number of halogens is 2. The van der Waals surface area contributed by atoms with E-state index < -0.39 is 5.54 Å². The molecular weight excluding hydrogens is 281 g/mol. The fourth-order valence-corrected chi connectivity index (χ4v) is 2.66. The van der Waals surface area contributed by atoms with Crippen molar-refractivity contribution in [2.45, 2.75) is 38.6 Å². The van der Waals surface area contributed by atoms with E-state index in [4.69, 9.17) is 23.2 Å². The zero-order valence-electron chi connectivity index (χ0n) is 11.5. The third-order valence-corrected chi connectivity index (χ3v) is 4.34. The summed E-state index contributed by atoms with van der Waals surface area (Å²) in [6, 6.07) is 8.20. The van der Waals surface area contributed by atoms with Gasteiger partial charge < -0.3 is 5.32 Å². The second-order valence-corrected chi connectivity index (χ2v) is 5.47. The summed E-state index contributed by atoms with van der Waals surface area (Å²) < 4.78 is 0. The molecule has 0 saturated heterocycles. The minimum Gasteiger partial charge on any atom is -0.348 e. The Hall–Kier alpha value is -0.730. The SMILES string of the molecule is CCC(CCl)(CCl)NC(=O)CCc1cccc(C)c1. The molecule has 1 aromatic rings. The molecule has 0 aliphatic carbocycles. The van der Waals surface area contributed by atoms with Gasteiger partial charge in [0.25, 0.3) is 0 Å². The van der Waals surface area contributed by atoms with Crippen molar-refractivity contribution in [1.82, 2.24) is 5.32 Å². The number of carbonyl (C=O) groups excluding carboxylic acids is 1. The van der Waals surface area contributed by atoms with Crippen LogP contribution in [0, 0.1) is 6.92 Å². The van der Waals surface area contributed by atoms with Crippen molar-refractivity contribution in [3.05, 3.63) is 35.4 Å². The Morgan fingerprint density at radius 3 is 2.53 bits per heavy atom. The summed E-state index contributed by atoms with van der Waals surface area (Å²) >= 11 is 11.8. The first-order chi connectivity index (χ1) is 9.05. The van der Waals surface area contributed by atoms with Gasteiger partial charge in [0, 0.05) is 18.2 Å². The van der Waals surface area contributed by atoms with Crippen LogP contribution >= 0.6 is 23.2 Å².